The highest BCUT2D eigenvalue weighted by atomic mass is 16.5. The van der Waals surface area contributed by atoms with E-state index in [1.54, 1.807) is 0 Å². The molecule has 0 radical (unpaired) electrons. The van der Waals surface area contributed by atoms with Gasteiger partial charge in [0, 0.05) is 11.5 Å². The second-order valence-electron chi connectivity index (χ2n) is 5.77. The SMILES string of the molecule is c1ccc2c(c1)COCc1nnc(C3CCCCC3)n1-2. The van der Waals surface area contributed by atoms with Gasteiger partial charge in [-0.25, -0.2) is 0 Å². The molecule has 4 heteroatoms. The van der Waals surface area contributed by atoms with Crippen LogP contribution < -0.4 is 0 Å². The number of para-hydroxylation sites is 1. The van der Waals surface area contributed by atoms with Crippen molar-refractivity contribution in [3.63, 3.8) is 0 Å². The van der Waals surface area contributed by atoms with E-state index in [4.69, 9.17) is 4.74 Å². The summed E-state index contributed by atoms with van der Waals surface area (Å²) in [5, 5.41) is 8.87. The van der Waals surface area contributed by atoms with Gasteiger partial charge in [0.05, 0.1) is 12.3 Å². The van der Waals surface area contributed by atoms with Crippen molar-refractivity contribution < 1.29 is 4.74 Å². The van der Waals surface area contributed by atoms with Crippen molar-refractivity contribution in [3.8, 4) is 5.69 Å². The third-order valence-electron chi connectivity index (χ3n) is 4.45. The average Bonchev–Trinajstić information content (AvgIpc) is 2.84. The van der Waals surface area contributed by atoms with E-state index < -0.39 is 0 Å². The maximum atomic E-state index is 5.72. The summed E-state index contributed by atoms with van der Waals surface area (Å²) in [4.78, 5) is 0. The van der Waals surface area contributed by atoms with Crippen molar-refractivity contribution in [2.75, 3.05) is 0 Å². The van der Waals surface area contributed by atoms with Crippen LogP contribution >= 0.6 is 0 Å². The Bertz CT molecular complexity index is 614. The molecule has 104 valence electrons. The summed E-state index contributed by atoms with van der Waals surface area (Å²) >= 11 is 0. The molecule has 0 saturated heterocycles. The summed E-state index contributed by atoms with van der Waals surface area (Å²) in [6.45, 7) is 1.21. The van der Waals surface area contributed by atoms with E-state index in [9.17, 15) is 0 Å². The summed E-state index contributed by atoms with van der Waals surface area (Å²) in [6.07, 6.45) is 6.45. The van der Waals surface area contributed by atoms with Gasteiger partial charge < -0.3 is 4.74 Å². The Kier molecular flexibility index (Phi) is 3.03. The standard InChI is InChI=1S/C16H19N3O/c1-2-6-12(7-3-1)16-18-17-15-11-20-10-13-8-4-5-9-14(13)19(15)16/h4-5,8-9,12H,1-3,6-7,10-11H2. The van der Waals surface area contributed by atoms with Crippen molar-refractivity contribution in [2.24, 2.45) is 0 Å². The number of benzene rings is 1. The smallest absolute Gasteiger partial charge is 0.163 e. The molecule has 1 saturated carbocycles. The monoisotopic (exact) mass is 269 g/mol. The molecule has 0 spiro atoms. The summed E-state index contributed by atoms with van der Waals surface area (Å²) in [7, 11) is 0. The molecule has 0 atom stereocenters. The highest BCUT2D eigenvalue weighted by molar-refractivity contribution is 5.43. The van der Waals surface area contributed by atoms with Gasteiger partial charge in [-0.05, 0) is 18.9 Å². The van der Waals surface area contributed by atoms with Crippen LogP contribution in [0.1, 0.15) is 55.2 Å². The van der Waals surface area contributed by atoms with E-state index >= 15 is 0 Å². The third kappa shape index (κ3) is 1.95. The van der Waals surface area contributed by atoms with E-state index in [-0.39, 0.29) is 0 Å². The molecule has 1 aromatic heterocycles. The van der Waals surface area contributed by atoms with Crippen LogP contribution in [0.2, 0.25) is 0 Å². The lowest BCUT2D eigenvalue weighted by Crippen LogP contribution is -2.13. The molecule has 2 heterocycles. The van der Waals surface area contributed by atoms with Crippen LogP contribution in [0.5, 0.6) is 0 Å². The Hall–Kier alpha value is -1.68. The van der Waals surface area contributed by atoms with E-state index in [2.05, 4.69) is 39.0 Å². The molecule has 2 aromatic rings. The van der Waals surface area contributed by atoms with Gasteiger partial charge in [0.15, 0.2) is 5.82 Å². The maximum absolute atomic E-state index is 5.72. The Balaban J connectivity index is 1.84. The fraction of sp³-hybridized carbons (Fsp3) is 0.500. The van der Waals surface area contributed by atoms with Crippen molar-refractivity contribution in [1.29, 1.82) is 0 Å². The van der Waals surface area contributed by atoms with Gasteiger partial charge in [-0.2, -0.15) is 0 Å². The lowest BCUT2D eigenvalue weighted by molar-refractivity contribution is 0.105. The lowest BCUT2D eigenvalue weighted by Gasteiger charge is -2.22. The molecule has 0 amide bonds. The molecule has 0 unspecified atom stereocenters. The molecule has 1 fully saturated rings. The Labute approximate surface area is 118 Å². The summed E-state index contributed by atoms with van der Waals surface area (Å²) in [5.74, 6) is 2.63. The maximum Gasteiger partial charge on any atom is 0.163 e. The molecular weight excluding hydrogens is 250 g/mol. The second-order valence-corrected chi connectivity index (χ2v) is 5.77. The molecule has 1 aliphatic carbocycles. The third-order valence-corrected chi connectivity index (χ3v) is 4.45. The highest BCUT2D eigenvalue weighted by Gasteiger charge is 2.26. The van der Waals surface area contributed by atoms with Gasteiger partial charge in [-0.1, -0.05) is 37.5 Å². The first-order valence-electron chi connectivity index (χ1n) is 7.54. The molecule has 1 aromatic carbocycles. The molecule has 2 aliphatic rings. The molecule has 20 heavy (non-hydrogen) atoms. The van der Waals surface area contributed by atoms with Crippen LogP contribution in [0.25, 0.3) is 5.69 Å². The summed E-state index contributed by atoms with van der Waals surface area (Å²) < 4.78 is 7.97. The minimum absolute atomic E-state index is 0.550. The zero-order chi connectivity index (χ0) is 13.4. The first-order chi connectivity index (χ1) is 9.93. The van der Waals surface area contributed by atoms with Crippen LogP contribution in [0.15, 0.2) is 24.3 Å². The lowest BCUT2D eigenvalue weighted by atomic mass is 9.88. The van der Waals surface area contributed by atoms with Crippen LogP contribution in [-0.2, 0) is 18.0 Å². The van der Waals surface area contributed by atoms with Crippen LogP contribution in [0.4, 0.5) is 0 Å². The fourth-order valence-electron chi connectivity index (χ4n) is 3.41. The van der Waals surface area contributed by atoms with Crippen molar-refractivity contribution in [2.45, 2.75) is 51.2 Å². The quantitative estimate of drug-likeness (QED) is 0.797. The summed E-state index contributed by atoms with van der Waals surface area (Å²) in [5.41, 5.74) is 2.42. The van der Waals surface area contributed by atoms with Crippen LogP contribution in [0.3, 0.4) is 0 Å². The van der Waals surface area contributed by atoms with Crippen LogP contribution in [0, 0.1) is 0 Å². The molecule has 0 N–H and O–H groups in total. The Morgan fingerprint density at radius 3 is 2.75 bits per heavy atom. The highest BCUT2D eigenvalue weighted by Crippen LogP contribution is 2.34. The van der Waals surface area contributed by atoms with Gasteiger partial charge in [-0.3, -0.25) is 4.57 Å². The van der Waals surface area contributed by atoms with Gasteiger partial charge in [0.25, 0.3) is 0 Å². The zero-order valence-electron chi connectivity index (χ0n) is 11.6. The van der Waals surface area contributed by atoms with E-state index in [0.29, 0.717) is 19.1 Å². The number of ether oxygens (including phenoxy) is 1. The van der Waals surface area contributed by atoms with Gasteiger partial charge in [0.2, 0.25) is 0 Å². The first-order valence-corrected chi connectivity index (χ1v) is 7.54. The van der Waals surface area contributed by atoms with Gasteiger partial charge in [-0.15, -0.1) is 10.2 Å². The first kappa shape index (κ1) is 12.1. The van der Waals surface area contributed by atoms with Crippen molar-refractivity contribution in [3.05, 3.63) is 41.5 Å². The fourth-order valence-corrected chi connectivity index (χ4v) is 3.41. The topological polar surface area (TPSA) is 39.9 Å². The molecule has 4 nitrogen and oxygen atoms in total. The largest absolute Gasteiger partial charge is 0.369 e. The minimum atomic E-state index is 0.550. The van der Waals surface area contributed by atoms with Gasteiger partial charge in [0.1, 0.15) is 12.4 Å². The molecule has 0 bridgehead atoms. The molecule has 1 aliphatic heterocycles. The number of hydrogen-bond donors (Lipinski definition) is 0. The van der Waals surface area contributed by atoms with Crippen molar-refractivity contribution in [1.82, 2.24) is 14.8 Å². The Morgan fingerprint density at radius 2 is 1.85 bits per heavy atom. The van der Waals surface area contributed by atoms with E-state index in [1.807, 2.05) is 0 Å². The normalized spacial score (nSPS) is 19.2. The predicted octanol–water partition coefficient (Wildman–Crippen LogP) is 3.35. The predicted molar refractivity (Wildman–Crippen MR) is 75.7 cm³/mol. The number of aromatic nitrogens is 3. The summed E-state index contributed by atoms with van der Waals surface area (Å²) in [6, 6.07) is 8.44. The molecular formula is C16H19N3O. The second kappa shape index (κ2) is 5.02. The van der Waals surface area contributed by atoms with Crippen LogP contribution in [-0.4, -0.2) is 14.8 Å². The van der Waals surface area contributed by atoms with E-state index in [0.717, 1.165) is 11.6 Å². The number of nitrogens with zero attached hydrogens (tertiary/aromatic N) is 3. The Morgan fingerprint density at radius 1 is 1.00 bits per heavy atom. The number of hydrogen-bond acceptors (Lipinski definition) is 3. The van der Waals surface area contributed by atoms with Gasteiger partial charge >= 0.3 is 0 Å². The average molecular weight is 269 g/mol. The van der Waals surface area contributed by atoms with E-state index in [1.165, 1.54) is 43.4 Å². The minimum Gasteiger partial charge on any atom is -0.369 e. The van der Waals surface area contributed by atoms with Crippen molar-refractivity contribution >= 4 is 0 Å². The zero-order valence-corrected chi connectivity index (χ0v) is 11.6. The molecule has 4 rings (SSSR count). The number of fused-ring (bicyclic) bond motifs is 3. The number of rotatable bonds is 1.